The molecule has 2 N–H and O–H groups in total. The smallest absolute Gasteiger partial charge is 0.481 e. The minimum absolute atomic E-state index is 0.00170. The van der Waals surface area contributed by atoms with Crippen LogP contribution in [0.15, 0.2) is 18.2 Å². The van der Waals surface area contributed by atoms with Crippen LogP contribution in [-0.4, -0.2) is 41.1 Å². The van der Waals surface area contributed by atoms with Crippen LogP contribution in [0.2, 0.25) is 0 Å². The summed E-state index contributed by atoms with van der Waals surface area (Å²) in [6.45, 7) is 13.2. The Bertz CT molecular complexity index is 738. The van der Waals surface area contributed by atoms with Crippen molar-refractivity contribution in [2.75, 3.05) is 5.32 Å². The second-order valence-corrected chi connectivity index (χ2v) is 9.03. The van der Waals surface area contributed by atoms with Gasteiger partial charge in [0.1, 0.15) is 5.60 Å². The molecule has 0 unspecified atom stereocenters. The van der Waals surface area contributed by atoms with Gasteiger partial charge in [-0.2, -0.15) is 0 Å². The lowest BCUT2D eigenvalue weighted by atomic mass is 9.77. The summed E-state index contributed by atoms with van der Waals surface area (Å²) in [7, 11) is -0.663. The Morgan fingerprint density at radius 1 is 1.14 bits per heavy atom. The molecule has 1 fully saturated rings. The number of aryl methyl sites for hydroxylation is 1. The van der Waals surface area contributed by atoms with Crippen LogP contribution in [0.1, 0.15) is 60.5 Å². The lowest BCUT2D eigenvalue weighted by Gasteiger charge is -2.32. The first-order valence-electron chi connectivity index (χ1n) is 9.40. The maximum absolute atomic E-state index is 12.3. The molecule has 0 atom stereocenters. The van der Waals surface area contributed by atoms with Crippen molar-refractivity contribution in [3.8, 4) is 0 Å². The SMILES string of the molecule is CC(C)(C)OC(=O)Nc1cc(CCC(=O)O)ccc1B1OC(C)(C)C(C)(C)O1. The molecule has 154 valence electrons. The molecule has 7 nitrogen and oxygen atoms in total. The average Bonchev–Trinajstić information content (AvgIpc) is 2.71. The van der Waals surface area contributed by atoms with Crippen molar-refractivity contribution >= 4 is 30.3 Å². The quantitative estimate of drug-likeness (QED) is 0.748. The van der Waals surface area contributed by atoms with Gasteiger partial charge in [0.25, 0.3) is 0 Å². The maximum atomic E-state index is 12.3. The molecule has 0 radical (unpaired) electrons. The number of carbonyl (C=O) groups excluding carboxylic acids is 1. The number of carboxylic acids is 1. The summed E-state index contributed by atoms with van der Waals surface area (Å²) in [5.74, 6) is -0.878. The second-order valence-electron chi connectivity index (χ2n) is 9.03. The highest BCUT2D eigenvalue weighted by molar-refractivity contribution is 6.64. The number of rotatable bonds is 5. The lowest BCUT2D eigenvalue weighted by molar-refractivity contribution is -0.136. The number of nitrogens with one attached hydrogen (secondary N) is 1. The van der Waals surface area contributed by atoms with Gasteiger partial charge in [-0.15, -0.1) is 0 Å². The van der Waals surface area contributed by atoms with E-state index < -0.39 is 36.0 Å². The maximum Gasteiger partial charge on any atom is 0.496 e. The number of hydrogen-bond acceptors (Lipinski definition) is 5. The van der Waals surface area contributed by atoms with Gasteiger partial charge in [0.05, 0.1) is 11.2 Å². The fraction of sp³-hybridized carbons (Fsp3) is 0.600. The van der Waals surface area contributed by atoms with Crippen molar-refractivity contribution < 1.29 is 28.7 Å². The summed E-state index contributed by atoms with van der Waals surface area (Å²) < 4.78 is 17.6. The van der Waals surface area contributed by atoms with Crippen LogP contribution in [0, 0.1) is 0 Å². The van der Waals surface area contributed by atoms with Crippen LogP contribution in [0.25, 0.3) is 0 Å². The third-order valence-corrected chi connectivity index (χ3v) is 4.89. The molecule has 8 heteroatoms. The van der Waals surface area contributed by atoms with Crippen LogP contribution in [0.4, 0.5) is 10.5 Å². The molecule has 1 aromatic carbocycles. The molecule has 2 rings (SSSR count). The summed E-state index contributed by atoms with van der Waals surface area (Å²) in [5, 5.41) is 11.7. The van der Waals surface area contributed by atoms with E-state index >= 15 is 0 Å². The molecule has 1 heterocycles. The Hall–Kier alpha value is -2.06. The first kappa shape index (κ1) is 22.2. The molecule has 1 aliphatic heterocycles. The van der Waals surface area contributed by atoms with Gasteiger partial charge in [-0.25, -0.2) is 4.79 Å². The Balaban J connectivity index is 2.33. The van der Waals surface area contributed by atoms with E-state index in [1.165, 1.54) is 0 Å². The monoisotopic (exact) mass is 391 g/mol. The molecule has 0 aromatic heterocycles. The number of carboxylic acid groups (broad SMARTS) is 1. The third kappa shape index (κ3) is 5.48. The van der Waals surface area contributed by atoms with Crippen molar-refractivity contribution in [3.63, 3.8) is 0 Å². The van der Waals surface area contributed by atoms with Crippen molar-refractivity contribution in [1.29, 1.82) is 0 Å². The van der Waals surface area contributed by atoms with Gasteiger partial charge in [0, 0.05) is 17.6 Å². The highest BCUT2D eigenvalue weighted by Gasteiger charge is 2.52. The number of aliphatic carboxylic acids is 1. The van der Waals surface area contributed by atoms with Gasteiger partial charge in [0.15, 0.2) is 0 Å². The van der Waals surface area contributed by atoms with Gasteiger partial charge in [-0.1, -0.05) is 12.1 Å². The van der Waals surface area contributed by atoms with E-state index in [2.05, 4.69) is 5.32 Å². The largest absolute Gasteiger partial charge is 0.496 e. The van der Waals surface area contributed by atoms with Gasteiger partial charge in [0.2, 0.25) is 0 Å². The zero-order valence-corrected chi connectivity index (χ0v) is 17.7. The van der Waals surface area contributed by atoms with Crippen LogP contribution in [0.3, 0.4) is 0 Å². The van der Waals surface area contributed by atoms with E-state index in [0.29, 0.717) is 17.6 Å². The molecule has 0 spiro atoms. The van der Waals surface area contributed by atoms with Crippen LogP contribution >= 0.6 is 0 Å². The topological polar surface area (TPSA) is 94.1 Å². The lowest BCUT2D eigenvalue weighted by Crippen LogP contribution is -2.41. The zero-order valence-electron chi connectivity index (χ0n) is 17.7. The summed E-state index contributed by atoms with van der Waals surface area (Å²) in [6.07, 6.45) is -0.246. The highest BCUT2D eigenvalue weighted by atomic mass is 16.7. The van der Waals surface area contributed by atoms with Crippen LogP contribution in [0.5, 0.6) is 0 Å². The van der Waals surface area contributed by atoms with E-state index in [-0.39, 0.29) is 6.42 Å². The Morgan fingerprint density at radius 3 is 2.21 bits per heavy atom. The number of anilines is 1. The first-order chi connectivity index (χ1) is 12.7. The zero-order chi connectivity index (χ0) is 21.3. The predicted octanol–water partition coefficient (Wildman–Crippen LogP) is 3.35. The van der Waals surface area contributed by atoms with Crippen molar-refractivity contribution in [2.45, 2.75) is 78.1 Å². The second kappa shape index (κ2) is 7.76. The molecular formula is C20H30BNO6. The summed E-state index contributed by atoms with van der Waals surface area (Å²) in [4.78, 5) is 23.2. The minimum atomic E-state index is -0.878. The molecular weight excluding hydrogens is 361 g/mol. The molecule has 28 heavy (non-hydrogen) atoms. The molecule has 1 amide bonds. The fourth-order valence-electron chi connectivity index (χ4n) is 2.71. The van der Waals surface area contributed by atoms with E-state index in [1.54, 1.807) is 32.9 Å². The van der Waals surface area contributed by atoms with E-state index in [9.17, 15) is 9.59 Å². The number of ether oxygens (including phenoxy) is 1. The van der Waals surface area contributed by atoms with Crippen LogP contribution in [-0.2, 0) is 25.3 Å². The summed E-state index contributed by atoms with van der Waals surface area (Å²) >= 11 is 0. The first-order valence-corrected chi connectivity index (χ1v) is 9.40. The Kier molecular flexibility index (Phi) is 6.16. The predicted molar refractivity (Wildman–Crippen MR) is 108 cm³/mol. The van der Waals surface area contributed by atoms with Gasteiger partial charge in [-0.3, -0.25) is 10.1 Å². The van der Waals surface area contributed by atoms with Gasteiger partial charge >= 0.3 is 19.2 Å². The molecule has 1 aliphatic rings. The normalized spacial score (nSPS) is 18.0. The minimum Gasteiger partial charge on any atom is -0.481 e. The number of benzene rings is 1. The number of hydrogen-bond donors (Lipinski definition) is 2. The van der Waals surface area contributed by atoms with E-state index in [0.717, 1.165) is 5.56 Å². The number of amides is 1. The molecule has 0 bridgehead atoms. The van der Waals surface area contributed by atoms with Gasteiger partial charge < -0.3 is 19.2 Å². The summed E-state index contributed by atoms with van der Waals surface area (Å²) in [5.41, 5.74) is 0.231. The number of carbonyl (C=O) groups is 2. The molecule has 0 saturated carbocycles. The van der Waals surface area contributed by atoms with E-state index in [1.807, 2.05) is 33.8 Å². The van der Waals surface area contributed by atoms with Crippen molar-refractivity contribution in [2.24, 2.45) is 0 Å². The standard InChI is InChI=1S/C20H30BNO6/c1-18(2,3)26-17(25)22-15-12-13(9-11-16(23)24)8-10-14(15)21-27-19(4,5)20(6,7)28-21/h8,10,12H,9,11H2,1-7H3,(H,22,25)(H,23,24). The van der Waals surface area contributed by atoms with Crippen LogP contribution < -0.4 is 10.8 Å². The van der Waals surface area contributed by atoms with Crippen molar-refractivity contribution in [1.82, 2.24) is 0 Å². The summed E-state index contributed by atoms with van der Waals surface area (Å²) in [6, 6.07) is 5.36. The van der Waals surface area contributed by atoms with E-state index in [4.69, 9.17) is 19.2 Å². The fourth-order valence-corrected chi connectivity index (χ4v) is 2.71. The third-order valence-electron chi connectivity index (χ3n) is 4.89. The highest BCUT2D eigenvalue weighted by Crippen LogP contribution is 2.37. The Labute approximate surface area is 166 Å². The Morgan fingerprint density at radius 2 is 1.71 bits per heavy atom. The molecule has 1 saturated heterocycles. The van der Waals surface area contributed by atoms with Crippen molar-refractivity contribution in [3.05, 3.63) is 23.8 Å². The van der Waals surface area contributed by atoms with Gasteiger partial charge in [-0.05, 0) is 66.5 Å². The molecule has 0 aliphatic carbocycles. The molecule has 1 aromatic rings. The average molecular weight is 391 g/mol.